The number of ether oxygens (including phenoxy) is 1. The van der Waals surface area contributed by atoms with Crippen LogP contribution in [0.4, 0.5) is 5.69 Å². The SMILES string of the molecule is COCCN(/C=C(/C#N)C(=O)Nc1ccc(C)c(Cl)c1)C1CCS(=O)(=O)C1. The van der Waals surface area contributed by atoms with E-state index < -0.39 is 15.7 Å². The molecular weight excluding hydrogens is 390 g/mol. The first-order chi connectivity index (χ1) is 12.8. The van der Waals surface area contributed by atoms with Gasteiger partial charge in [-0.15, -0.1) is 0 Å². The van der Waals surface area contributed by atoms with Crippen LogP contribution in [0, 0.1) is 18.3 Å². The highest BCUT2D eigenvalue weighted by molar-refractivity contribution is 7.91. The van der Waals surface area contributed by atoms with Crippen molar-refractivity contribution in [1.29, 1.82) is 5.26 Å². The van der Waals surface area contributed by atoms with Crippen molar-refractivity contribution in [1.82, 2.24) is 4.90 Å². The minimum atomic E-state index is -3.10. The molecule has 1 unspecified atom stereocenters. The Morgan fingerprint density at radius 3 is 2.81 bits per heavy atom. The van der Waals surface area contributed by atoms with E-state index in [4.69, 9.17) is 16.3 Å². The number of rotatable bonds is 7. The summed E-state index contributed by atoms with van der Waals surface area (Å²) in [7, 11) is -1.56. The summed E-state index contributed by atoms with van der Waals surface area (Å²) in [6.45, 7) is 2.57. The Kier molecular flexibility index (Phi) is 7.25. The van der Waals surface area contributed by atoms with Crippen LogP contribution < -0.4 is 5.32 Å². The van der Waals surface area contributed by atoms with Crippen molar-refractivity contribution >= 4 is 33.0 Å². The molecule has 1 aliphatic rings. The predicted molar refractivity (Wildman–Crippen MR) is 104 cm³/mol. The number of aryl methyl sites for hydroxylation is 1. The Labute approximate surface area is 164 Å². The highest BCUT2D eigenvalue weighted by Gasteiger charge is 2.31. The summed E-state index contributed by atoms with van der Waals surface area (Å²) in [5.41, 5.74) is 1.23. The van der Waals surface area contributed by atoms with Crippen molar-refractivity contribution in [3.8, 4) is 6.07 Å². The number of nitrogens with zero attached hydrogens (tertiary/aromatic N) is 2. The smallest absolute Gasteiger partial charge is 0.267 e. The van der Waals surface area contributed by atoms with Crippen LogP contribution in [0.3, 0.4) is 0 Å². The molecule has 2 rings (SSSR count). The first-order valence-electron chi connectivity index (χ1n) is 8.40. The number of nitriles is 1. The van der Waals surface area contributed by atoms with Crippen LogP contribution in [0.15, 0.2) is 30.0 Å². The first-order valence-corrected chi connectivity index (χ1v) is 10.6. The van der Waals surface area contributed by atoms with E-state index >= 15 is 0 Å². The van der Waals surface area contributed by atoms with Gasteiger partial charge in [0.25, 0.3) is 5.91 Å². The Morgan fingerprint density at radius 1 is 1.52 bits per heavy atom. The molecule has 0 spiro atoms. The van der Waals surface area contributed by atoms with Crippen LogP contribution in [0.5, 0.6) is 0 Å². The summed E-state index contributed by atoms with van der Waals surface area (Å²) in [6, 6.07) is 6.67. The van der Waals surface area contributed by atoms with E-state index in [0.717, 1.165) is 5.56 Å². The Hall–Kier alpha value is -2.08. The van der Waals surface area contributed by atoms with Gasteiger partial charge in [-0.1, -0.05) is 17.7 Å². The fourth-order valence-electron chi connectivity index (χ4n) is 2.76. The van der Waals surface area contributed by atoms with Gasteiger partial charge in [0.15, 0.2) is 9.84 Å². The average molecular weight is 412 g/mol. The van der Waals surface area contributed by atoms with Crippen molar-refractivity contribution in [3.63, 3.8) is 0 Å². The maximum Gasteiger partial charge on any atom is 0.267 e. The average Bonchev–Trinajstić information content (AvgIpc) is 2.98. The summed E-state index contributed by atoms with van der Waals surface area (Å²) in [4.78, 5) is 14.2. The van der Waals surface area contributed by atoms with E-state index in [0.29, 0.717) is 30.3 Å². The van der Waals surface area contributed by atoms with Crippen molar-refractivity contribution < 1.29 is 17.9 Å². The molecule has 1 aromatic carbocycles. The second kappa shape index (κ2) is 9.22. The quantitative estimate of drug-likeness (QED) is 0.545. The second-order valence-electron chi connectivity index (χ2n) is 6.36. The highest BCUT2D eigenvalue weighted by Crippen LogP contribution is 2.21. The third kappa shape index (κ3) is 5.96. The standard InChI is InChI=1S/C18H22ClN3O4S/c1-13-3-4-15(9-17(13)19)21-18(23)14(10-20)11-22(6-7-26-2)16-5-8-27(24,25)12-16/h3-4,9,11,16H,5-8,12H2,1-2H3,(H,21,23)/b14-11-. The lowest BCUT2D eigenvalue weighted by molar-refractivity contribution is -0.112. The van der Waals surface area contributed by atoms with E-state index in [1.54, 1.807) is 23.1 Å². The van der Waals surface area contributed by atoms with E-state index in [-0.39, 0.29) is 23.1 Å². The Bertz CT molecular complexity index is 877. The van der Waals surface area contributed by atoms with Gasteiger partial charge in [0.05, 0.1) is 18.1 Å². The number of sulfone groups is 1. The fraction of sp³-hybridized carbons (Fsp3) is 0.444. The van der Waals surface area contributed by atoms with Crippen LogP contribution in [0.1, 0.15) is 12.0 Å². The fourth-order valence-corrected chi connectivity index (χ4v) is 4.68. The molecule has 27 heavy (non-hydrogen) atoms. The molecule has 1 fully saturated rings. The lowest BCUT2D eigenvalue weighted by Crippen LogP contribution is -2.35. The third-order valence-corrected chi connectivity index (χ3v) is 6.48. The van der Waals surface area contributed by atoms with Gasteiger partial charge in [-0.05, 0) is 31.0 Å². The van der Waals surface area contributed by atoms with E-state index in [1.807, 2.05) is 13.0 Å². The number of hydrogen-bond donors (Lipinski definition) is 1. The molecule has 0 aromatic heterocycles. The maximum absolute atomic E-state index is 12.5. The molecule has 146 valence electrons. The zero-order valence-electron chi connectivity index (χ0n) is 15.2. The summed E-state index contributed by atoms with van der Waals surface area (Å²) < 4.78 is 28.6. The number of methoxy groups -OCH3 is 1. The summed E-state index contributed by atoms with van der Waals surface area (Å²) in [6.07, 6.45) is 1.87. The third-order valence-electron chi connectivity index (χ3n) is 4.32. The predicted octanol–water partition coefficient (Wildman–Crippen LogP) is 2.13. The number of hydrogen-bond acceptors (Lipinski definition) is 6. The molecule has 9 heteroatoms. The van der Waals surface area contributed by atoms with Gasteiger partial charge < -0.3 is 15.0 Å². The van der Waals surface area contributed by atoms with Gasteiger partial charge in [0.2, 0.25) is 0 Å². The largest absolute Gasteiger partial charge is 0.383 e. The molecule has 1 aliphatic heterocycles. The van der Waals surface area contributed by atoms with Gasteiger partial charge in [-0.3, -0.25) is 4.79 Å². The van der Waals surface area contributed by atoms with Gasteiger partial charge in [-0.25, -0.2) is 8.42 Å². The van der Waals surface area contributed by atoms with Crippen LogP contribution in [0.2, 0.25) is 5.02 Å². The van der Waals surface area contributed by atoms with E-state index in [9.17, 15) is 18.5 Å². The lowest BCUT2D eigenvalue weighted by atomic mass is 10.2. The van der Waals surface area contributed by atoms with Gasteiger partial charge in [-0.2, -0.15) is 5.26 Å². The molecule has 0 saturated carbocycles. The number of carbonyl (C=O) groups excluding carboxylic acids is 1. The van der Waals surface area contributed by atoms with Crippen molar-refractivity contribution in [2.75, 3.05) is 37.1 Å². The molecule has 1 amide bonds. The Balaban J connectivity index is 2.19. The lowest BCUT2D eigenvalue weighted by Gasteiger charge is -2.26. The number of amides is 1. The molecule has 1 aromatic rings. The molecule has 1 saturated heterocycles. The van der Waals surface area contributed by atoms with Crippen LogP contribution in [-0.2, 0) is 19.4 Å². The van der Waals surface area contributed by atoms with Crippen LogP contribution in [-0.4, -0.2) is 57.0 Å². The molecule has 1 atom stereocenters. The number of nitrogens with one attached hydrogen (secondary N) is 1. The first kappa shape index (κ1) is 21.2. The minimum Gasteiger partial charge on any atom is -0.383 e. The zero-order chi connectivity index (χ0) is 20.0. The topological polar surface area (TPSA) is 99.5 Å². The van der Waals surface area contributed by atoms with E-state index in [2.05, 4.69) is 5.32 Å². The molecular formula is C18H22ClN3O4S. The van der Waals surface area contributed by atoms with Crippen molar-refractivity contribution in [2.45, 2.75) is 19.4 Å². The molecule has 7 nitrogen and oxygen atoms in total. The van der Waals surface area contributed by atoms with Gasteiger partial charge >= 0.3 is 0 Å². The van der Waals surface area contributed by atoms with Crippen LogP contribution in [0.25, 0.3) is 0 Å². The minimum absolute atomic E-state index is 0.00110. The summed E-state index contributed by atoms with van der Waals surface area (Å²) in [5.74, 6) is -0.479. The van der Waals surface area contributed by atoms with Crippen molar-refractivity contribution in [3.05, 3.63) is 40.6 Å². The zero-order valence-corrected chi connectivity index (χ0v) is 16.8. The second-order valence-corrected chi connectivity index (χ2v) is 9.00. The molecule has 1 heterocycles. The Morgan fingerprint density at radius 2 is 2.26 bits per heavy atom. The normalized spacial score (nSPS) is 18.7. The summed E-state index contributed by atoms with van der Waals surface area (Å²) in [5, 5.41) is 12.6. The number of halogens is 1. The molecule has 1 N–H and O–H groups in total. The monoisotopic (exact) mass is 411 g/mol. The summed E-state index contributed by atoms with van der Waals surface area (Å²) >= 11 is 6.06. The van der Waals surface area contributed by atoms with Gasteiger partial charge in [0, 0.05) is 36.6 Å². The van der Waals surface area contributed by atoms with Gasteiger partial charge in [0.1, 0.15) is 11.6 Å². The maximum atomic E-state index is 12.5. The van der Waals surface area contributed by atoms with E-state index in [1.165, 1.54) is 13.3 Å². The number of benzene rings is 1. The number of carbonyl (C=O) groups is 1. The molecule has 0 radical (unpaired) electrons. The van der Waals surface area contributed by atoms with Crippen LogP contribution >= 0.6 is 11.6 Å². The number of anilines is 1. The highest BCUT2D eigenvalue weighted by atomic mass is 35.5. The van der Waals surface area contributed by atoms with Crippen molar-refractivity contribution in [2.24, 2.45) is 0 Å². The molecule has 0 bridgehead atoms. The molecule has 0 aliphatic carbocycles.